The number of hydrogen-bond donors (Lipinski definition) is 1. The van der Waals surface area contributed by atoms with Gasteiger partial charge in [-0.3, -0.25) is 0 Å². The van der Waals surface area contributed by atoms with Crippen molar-refractivity contribution in [1.82, 2.24) is 0 Å². The summed E-state index contributed by atoms with van der Waals surface area (Å²) in [5.74, 6) is 0. The van der Waals surface area contributed by atoms with Gasteiger partial charge in [0.25, 0.3) is 0 Å². The molecule has 2 heteroatoms. The molecule has 0 aliphatic rings. The summed E-state index contributed by atoms with van der Waals surface area (Å²) >= 11 is 4.01. The number of hydrogen-bond acceptors (Lipinski definition) is 1. The molecule has 0 aromatic carbocycles. The fourth-order valence-corrected chi connectivity index (χ4v) is 0.0945. The first-order valence-corrected chi connectivity index (χ1v) is 2.85. The molecule has 1 atom stereocenters. The Morgan fingerprint density at radius 3 is 2.14 bits per heavy atom. The van der Waals surface area contributed by atoms with Gasteiger partial charge >= 0.3 is 0 Å². The number of alkyl halides is 1. The van der Waals surface area contributed by atoms with Crippen LogP contribution in [0.1, 0.15) is 20.3 Å². The smallest absolute Gasteiger partial charge is 0.104 e. The third-order valence-electron chi connectivity index (χ3n) is 1.05. The Balaban J connectivity index is 3.36. The molecule has 0 saturated heterocycles. The van der Waals surface area contributed by atoms with Crippen LogP contribution in [0.2, 0.25) is 0 Å². The van der Waals surface area contributed by atoms with Crippen LogP contribution in [0, 0.1) is 0 Å². The monoisotopic (exact) mass is 122 g/mol. The van der Waals surface area contributed by atoms with Gasteiger partial charge in [-0.25, -0.2) is 4.39 Å². The minimum Gasteiger partial charge on any atom is -0.250 e. The maximum absolute atomic E-state index is 11.7. The summed E-state index contributed by atoms with van der Waals surface area (Å²) in [5, 5.41) is 0. The highest BCUT2D eigenvalue weighted by atomic mass is 32.1. The maximum atomic E-state index is 11.7. The van der Waals surface area contributed by atoms with Gasteiger partial charge < -0.3 is 0 Å². The third-order valence-corrected chi connectivity index (χ3v) is 1.49. The predicted octanol–water partition coefficient (Wildman–Crippen LogP) is 2.05. The lowest BCUT2D eigenvalue weighted by Crippen LogP contribution is -2.16. The van der Waals surface area contributed by atoms with Crippen molar-refractivity contribution in [3.05, 3.63) is 0 Å². The van der Waals surface area contributed by atoms with E-state index in [9.17, 15) is 4.39 Å². The lowest BCUT2D eigenvalue weighted by molar-refractivity contribution is 0.408. The van der Waals surface area contributed by atoms with Crippen LogP contribution in [-0.4, -0.2) is 11.4 Å². The van der Waals surface area contributed by atoms with E-state index in [1.807, 2.05) is 6.92 Å². The van der Waals surface area contributed by atoms with Gasteiger partial charge in [0.1, 0.15) is 6.67 Å². The summed E-state index contributed by atoms with van der Waals surface area (Å²) in [6, 6.07) is 0. The molecule has 0 amide bonds. The minimum atomic E-state index is -0.389. The van der Waals surface area contributed by atoms with Crippen LogP contribution in [0.3, 0.4) is 0 Å². The van der Waals surface area contributed by atoms with E-state index in [4.69, 9.17) is 0 Å². The van der Waals surface area contributed by atoms with Crippen molar-refractivity contribution < 1.29 is 4.39 Å². The first-order valence-electron chi connectivity index (χ1n) is 2.41. The fourth-order valence-electron chi connectivity index (χ4n) is 0.0945. The van der Waals surface area contributed by atoms with Crippen LogP contribution < -0.4 is 0 Å². The molecule has 0 rings (SSSR count). The van der Waals surface area contributed by atoms with E-state index in [-0.39, 0.29) is 11.4 Å². The van der Waals surface area contributed by atoms with Crippen LogP contribution in [0.15, 0.2) is 0 Å². The third kappa shape index (κ3) is 2.92. The van der Waals surface area contributed by atoms with Gasteiger partial charge in [-0.2, -0.15) is 12.6 Å². The molecule has 0 N–H and O–H groups in total. The molecule has 0 aliphatic heterocycles. The van der Waals surface area contributed by atoms with Crippen molar-refractivity contribution in [3.63, 3.8) is 0 Å². The summed E-state index contributed by atoms with van der Waals surface area (Å²) in [7, 11) is 0. The Bertz CT molecular complexity index is 46.0. The molecular weight excluding hydrogens is 111 g/mol. The summed E-state index contributed by atoms with van der Waals surface area (Å²) < 4.78 is 11.3. The standard InChI is InChI=1S/C5H11FS/c1-3-5(2,7)4-6/h7H,3-4H2,1-2H3/t5-/m0/s1. The van der Waals surface area contributed by atoms with Gasteiger partial charge in [0.05, 0.1) is 0 Å². The van der Waals surface area contributed by atoms with E-state index in [1.165, 1.54) is 0 Å². The lowest BCUT2D eigenvalue weighted by Gasteiger charge is -2.14. The zero-order chi connectivity index (χ0) is 5.91. The summed E-state index contributed by atoms with van der Waals surface area (Å²) in [6.45, 7) is 3.37. The van der Waals surface area contributed by atoms with Gasteiger partial charge in [0.2, 0.25) is 0 Å². The maximum Gasteiger partial charge on any atom is 0.104 e. The van der Waals surface area contributed by atoms with Crippen LogP contribution in [-0.2, 0) is 0 Å². The number of rotatable bonds is 2. The fraction of sp³-hybridized carbons (Fsp3) is 1.00. The van der Waals surface area contributed by atoms with Crippen molar-refractivity contribution in [2.75, 3.05) is 6.67 Å². The second kappa shape index (κ2) is 2.55. The second-order valence-electron chi connectivity index (χ2n) is 1.98. The van der Waals surface area contributed by atoms with Crippen molar-refractivity contribution in [2.24, 2.45) is 0 Å². The zero-order valence-electron chi connectivity index (χ0n) is 4.74. The normalized spacial score (nSPS) is 18.9. The van der Waals surface area contributed by atoms with Crippen LogP contribution in [0.25, 0.3) is 0 Å². The van der Waals surface area contributed by atoms with Gasteiger partial charge in [-0.1, -0.05) is 6.92 Å². The van der Waals surface area contributed by atoms with Crippen molar-refractivity contribution in [2.45, 2.75) is 25.0 Å². The second-order valence-corrected chi connectivity index (χ2v) is 3.06. The molecule has 0 unspecified atom stereocenters. The molecule has 44 valence electrons. The quantitative estimate of drug-likeness (QED) is 0.532. The Kier molecular flexibility index (Phi) is 2.66. The van der Waals surface area contributed by atoms with Gasteiger partial charge in [-0.05, 0) is 13.3 Å². The largest absolute Gasteiger partial charge is 0.250 e. The summed E-state index contributed by atoms with van der Waals surface area (Å²) in [5.41, 5.74) is 0. The lowest BCUT2D eigenvalue weighted by atomic mass is 10.1. The van der Waals surface area contributed by atoms with Crippen molar-refractivity contribution in [1.29, 1.82) is 0 Å². The Morgan fingerprint density at radius 2 is 2.14 bits per heavy atom. The van der Waals surface area contributed by atoms with E-state index in [1.54, 1.807) is 6.92 Å². The molecule has 0 heterocycles. The highest BCUT2D eigenvalue weighted by Gasteiger charge is 2.14. The topological polar surface area (TPSA) is 0 Å². The molecule has 0 bridgehead atoms. The van der Waals surface area contributed by atoms with E-state index in [0.717, 1.165) is 6.42 Å². The van der Waals surface area contributed by atoms with Crippen molar-refractivity contribution >= 4 is 12.6 Å². The molecular formula is C5H11FS. The first-order chi connectivity index (χ1) is 3.12. The number of thiol groups is 1. The average Bonchev–Trinajstić information content (AvgIpc) is 1.68. The van der Waals surface area contributed by atoms with Crippen LogP contribution in [0.4, 0.5) is 4.39 Å². The summed E-state index contributed by atoms with van der Waals surface area (Å²) in [6.07, 6.45) is 0.784. The molecule has 0 spiro atoms. The van der Waals surface area contributed by atoms with E-state index < -0.39 is 0 Å². The van der Waals surface area contributed by atoms with E-state index in [2.05, 4.69) is 12.6 Å². The Morgan fingerprint density at radius 1 is 1.71 bits per heavy atom. The number of halogens is 1. The highest BCUT2D eigenvalue weighted by Crippen LogP contribution is 2.17. The van der Waals surface area contributed by atoms with E-state index in [0.29, 0.717) is 0 Å². The van der Waals surface area contributed by atoms with Gasteiger partial charge in [0, 0.05) is 4.75 Å². The molecule has 0 fully saturated rings. The first kappa shape index (κ1) is 7.28. The highest BCUT2D eigenvalue weighted by molar-refractivity contribution is 7.81. The predicted molar refractivity (Wildman–Crippen MR) is 33.7 cm³/mol. The zero-order valence-corrected chi connectivity index (χ0v) is 5.63. The molecule has 7 heavy (non-hydrogen) atoms. The van der Waals surface area contributed by atoms with Crippen LogP contribution >= 0.6 is 12.6 Å². The Hall–Kier alpha value is 0.280. The molecule has 0 nitrogen and oxygen atoms in total. The summed E-state index contributed by atoms with van der Waals surface area (Å²) in [4.78, 5) is 0. The molecule has 0 aromatic heterocycles. The van der Waals surface area contributed by atoms with E-state index >= 15 is 0 Å². The SMILES string of the molecule is CC[C@](C)(S)CF. The molecule has 0 aromatic rings. The molecule has 0 aliphatic carbocycles. The molecule has 0 saturated carbocycles. The van der Waals surface area contributed by atoms with Gasteiger partial charge in [0.15, 0.2) is 0 Å². The Labute approximate surface area is 49.5 Å². The van der Waals surface area contributed by atoms with Crippen LogP contribution in [0.5, 0.6) is 0 Å². The molecule has 0 radical (unpaired) electrons. The van der Waals surface area contributed by atoms with Gasteiger partial charge in [-0.15, -0.1) is 0 Å². The average molecular weight is 122 g/mol. The minimum absolute atomic E-state index is 0.341. The van der Waals surface area contributed by atoms with Crippen molar-refractivity contribution in [3.8, 4) is 0 Å².